The highest BCUT2D eigenvalue weighted by molar-refractivity contribution is 5.94. The van der Waals surface area contributed by atoms with Gasteiger partial charge in [0.1, 0.15) is 22.6 Å². The quantitative estimate of drug-likeness (QED) is 0.295. The normalized spacial score (nSPS) is 10.6. The molecule has 0 radical (unpaired) electrons. The van der Waals surface area contributed by atoms with E-state index in [1.54, 1.807) is 42.5 Å². The Bertz CT molecular complexity index is 1210. The van der Waals surface area contributed by atoms with Crippen molar-refractivity contribution in [2.75, 3.05) is 7.11 Å². The lowest BCUT2D eigenvalue weighted by Gasteiger charge is -2.09. The molecule has 0 bridgehead atoms. The summed E-state index contributed by atoms with van der Waals surface area (Å²) in [6, 6.07) is 22.8. The van der Waals surface area contributed by atoms with Crippen LogP contribution in [0.3, 0.4) is 0 Å². The molecule has 0 saturated heterocycles. The fourth-order valence-electron chi connectivity index (χ4n) is 2.95. The number of hydrogen-bond donors (Lipinski definition) is 0. The van der Waals surface area contributed by atoms with Gasteiger partial charge in [0, 0.05) is 11.5 Å². The van der Waals surface area contributed by atoms with Crippen molar-refractivity contribution in [3.8, 4) is 22.6 Å². The molecule has 5 nitrogen and oxygen atoms in total. The molecule has 0 spiro atoms. The van der Waals surface area contributed by atoms with Gasteiger partial charge in [0.05, 0.1) is 12.7 Å². The van der Waals surface area contributed by atoms with Crippen LogP contribution in [0.2, 0.25) is 0 Å². The fraction of sp³-hybridized carbons (Fsp3) is 0.0435. The van der Waals surface area contributed by atoms with Gasteiger partial charge in [0.15, 0.2) is 0 Å². The molecule has 0 unspecified atom stereocenters. The first-order valence-corrected chi connectivity index (χ1v) is 8.64. The predicted molar refractivity (Wildman–Crippen MR) is 106 cm³/mol. The Morgan fingerprint density at radius 2 is 1.64 bits per heavy atom. The third-order valence-electron chi connectivity index (χ3n) is 4.33. The van der Waals surface area contributed by atoms with Crippen LogP contribution < -0.4 is 15.1 Å². The number of fused-ring (bicyclic) bond motifs is 1. The van der Waals surface area contributed by atoms with Crippen LogP contribution in [0.4, 0.5) is 0 Å². The molecule has 5 heteroatoms. The lowest BCUT2D eigenvalue weighted by molar-refractivity contribution is 0.0731. The summed E-state index contributed by atoms with van der Waals surface area (Å²) in [4.78, 5) is 24.8. The average Bonchev–Trinajstić information content (AvgIpc) is 2.73. The largest absolute Gasteiger partial charge is 0.496 e. The van der Waals surface area contributed by atoms with E-state index in [1.807, 2.05) is 30.3 Å². The number of carbonyl (C=O) groups excluding carboxylic acids is 1. The second-order valence-electron chi connectivity index (χ2n) is 6.10. The molecular formula is C23H16O5. The van der Waals surface area contributed by atoms with E-state index >= 15 is 0 Å². The number of ether oxygens (including phenoxy) is 2. The second-order valence-corrected chi connectivity index (χ2v) is 6.10. The maximum atomic E-state index is 12.4. The van der Waals surface area contributed by atoms with Gasteiger partial charge in [0.2, 0.25) is 0 Å². The molecule has 0 fully saturated rings. The highest BCUT2D eigenvalue weighted by atomic mass is 16.5. The first-order valence-electron chi connectivity index (χ1n) is 8.64. The Hall–Kier alpha value is -3.86. The van der Waals surface area contributed by atoms with E-state index in [0.717, 1.165) is 10.9 Å². The van der Waals surface area contributed by atoms with Gasteiger partial charge in [-0.3, -0.25) is 0 Å². The second kappa shape index (κ2) is 7.40. The minimum absolute atomic E-state index is 0.277. The van der Waals surface area contributed by atoms with Crippen molar-refractivity contribution in [3.63, 3.8) is 0 Å². The minimum atomic E-state index is -0.556. The van der Waals surface area contributed by atoms with Crippen molar-refractivity contribution in [1.82, 2.24) is 0 Å². The molecule has 1 aromatic heterocycles. The number of benzene rings is 3. The minimum Gasteiger partial charge on any atom is -0.496 e. The van der Waals surface area contributed by atoms with Gasteiger partial charge in [0.25, 0.3) is 0 Å². The van der Waals surface area contributed by atoms with Crippen LogP contribution in [0.5, 0.6) is 11.5 Å². The van der Waals surface area contributed by atoms with Gasteiger partial charge in [-0.1, -0.05) is 42.5 Å². The molecule has 0 aliphatic rings. The molecule has 138 valence electrons. The standard InChI is InChI=1S/C23H16O5/c1-26-20-10-6-5-9-18(20)22(24)27-17-12-11-16-13-19(15-7-3-2-4-8-15)23(25)28-21(16)14-17/h2-14H,1H3. The van der Waals surface area contributed by atoms with Gasteiger partial charge < -0.3 is 13.9 Å². The van der Waals surface area contributed by atoms with E-state index in [0.29, 0.717) is 22.5 Å². The van der Waals surface area contributed by atoms with Crippen LogP contribution in [0.25, 0.3) is 22.1 Å². The molecule has 4 aromatic rings. The number of methoxy groups -OCH3 is 1. The van der Waals surface area contributed by atoms with E-state index in [2.05, 4.69) is 0 Å². The molecule has 0 saturated carbocycles. The zero-order valence-electron chi connectivity index (χ0n) is 15.0. The van der Waals surface area contributed by atoms with Gasteiger partial charge in [-0.2, -0.15) is 0 Å². The van der Waals surface area contributed by atoms with Gasteiger partial charge in [-0.25, -0.2) is 9.59 Å². The first-order chi connectivity index (χ1) is 13.7. The van der Waals surface area contributed by atoms with Crippen molar-refractivity contribution >= 4 is 16.9 Å². The maximum absolute atomic E-state index is 12.4. The maximum Gasteiger partial charge on any atom is 0.347 e. The van der Waals surface area contributed by atoms with E-state index < -0.39 is 11.6 Å². The summed E-state index contributed by atoms with van der Waals surface area (Å²) < 4.78 is 16.1. The summed E-state index contributed by atoms with van der Waals surface area (Å²) in [6.45, 7) is 0. The fourth-order valence-corrected chi connectivity index (χ4v) is 2.95. The lowest BCUT2D eigenvalue weighted by atomic mass is 10.1. The smallest absolute Gasteiger partial charge is 0.347 e. The molecule has 28 heavy (non-hydrogen) atoms. The average molecular weight is 372 g/mol. The van der Waals surface area contributed by atoms with Crippen LogP contribution in [0.1, 0.15) is 10.4 Å². The van der Waals surface area contributed by atoms with Gasteiger partial charge in [-0.15, -0.1) is 0 Å². The molecule has 1 heterocycles. The Morgan fingerprint density at radius 1 is 0.893 bits per heavy atom. The van der Waals surface area contributed by atoms with E-state index in [9.17, 15) is 9.59 Å². The highest BCUT2D eigenvalue weighted by Crippen LogP contribution is 2.26. The van der Waals surface area contributed by atoms with Crippen molar-refractivity contribution in [2.24, 2.45) is 0 Å². The molecule has 0 aliphatic carbocycles. The summed E-state index contributed by atoms with van der Waals surface area (Å²) in [7, 11) is 1.49. The lowest BCUT2D eigenvalue weighted by Crippen LogP contribution is -2.10. The Balaban J connectivity index is 1.67. The Labute approximate surface area is 160 Å². The Morgan fingerprint density at radius 3 is 2.43 bits per heavy atom. The van der Waals surface area contributed by atoms with Crippen LogP contribution >= 0.6 is 0 Å². The first kappa shape index (κ1) is 17.5. The van der Waals surface area contributed by atoms with Crippen LogP contribution in [0.15, 0.2) is 88.1 Å². The molecule has 3 aromatic carbocycles. The third-order valence-corrected chi connectivity index (χ3v) is 4.33. The number of carbonyl (C=O) groups is 1. The van der Waals surface area contributed by atoms with Crippen LogP contribution in [0, 0.1) is 0 Å². The molecule has 4 rings (SSSR count). The van der Waals surface area contributed by atoms with Gasteiger partial charge >= 0.3 is 11.6 Å². The molecule has 0 aliphatic heterocycles. The van der Waals surface area contributed by atoms with Crippen molar-refractivity contribution in [2.45, 2.75) is 0 Å². The molecular weight excluding hydrogens is 356 g/mol. The van der Waals surface area contributed by atoms with E-state index in [-0.39, 0.29) is 5.75 Å². The Kier molecular flexibility index (Phi) is 4.64. The number of hydrogen-bond acceptors (Lipinski definition) is 5. The number of esters is 1. The summed E-state index contributed by atoms with van der Waals surface area (Å²) in [5.41, 5.74) is 1.46. The molecule has 0 amide bonds. The van der Waals surface area contributed by atoms with Crippen molar-refractivity contribution in [3.05, 3.63) is 94.8 Å². The summed E-state index contributed by atoms with van der Waals surface area (Å²) >= 11 is 0. The number of rotatable bonds is 4. The molecule has 0 atom stereocenters. The monoisotopic (exact) mass is 372 g/mol. The SMILES string of the molecule is COc1ccccc1C(=O)Oc1ccc2cc(-c3ccccc3)c(=O)oc2c1. The topological polar surface area (TPSA) is 65.7 Å². The van der Waals surface area contributed by atoms with Crippen molar-refractivity contribution < 1.29 is 18.7 Å². The van der Waals surface area contributed by atoms with E-state index in [1.165, 1.54) is 13.2 Å². The number of para-hydroxylation sites is 1. The van der Waals surface area contributed by atoms with Crippen LogP contribution in [-0.4, -0.2) is 13.1 Å². The summed E-state index contributed by atoms with van der Waals surface area (Å²) in [5.74, 6) is 0.145. The summed E-state index contributed by atoms with van der Waals surface area (Å²) in [5, 5.41) is 0.732. The predicted octanol–water partition coefficient (Wildman–Crippen LogP) is 4.69. The highest BCUT2D eigenvalue weighted by Gasteiger charge is 2.15. The summed E-state index contributed by atoms with van der Waals surface area (Å²) in [6.07, 6.45) is 0. The third kappa shape index (κ3) is 3.38. The van der Waals surface area contributed by atoms with Crippen molar-refractivity contribution in [1.29, 1.82) is 0 Å². The molecule has 0 N–H and O–H groups in total. The van der Waals surface area contributed by atoms with E-state index in [4.69, 9.17) is 13.9 Å². The van der Waals surface area contributed by atoms with Gasteiger partial charge in [-0.05, 0) is 35.9 Å². The zero-order valence-corrected chi connectivity index (χ0v) is 15.0. The van der Waals surface area contributed by atoms with Crippen LogP contribution in [-0.2, 0) is 0 Å². The zero-order chi connectivity index (χ0) is 19.5.